The Labute approximate surface area is 213 Å². The molecule has 3 aromatic rings. The molecule has 1 N–H and O–H groups in total. The van der Waals surface area contributed by atoms with Crippen molar-refractivity contribution in [2.75, 3.05) is 13.1 Å². The molecule has 0 saturated heterocycles. The summed E-state index contributed by atoms with van der Waals surface area (Å²) in [5, 5.41) is 7.50. The summed E-state index contributed by atoms with van der Waals surface area (Å²) in [6.45, 7) is 10.7. The smallest absolute Gasteiger partial charge is 0.410 e. The summed E-state index contributed by atoms with van der Waals surface area (Å²) in [4.78, 5) is 30.9. The number of carbonyl (C=O) groups is 2. The highest BCUT2D eigenvalue weighted by Crippen LogP contribution is 2.19. The second kappa shape index (κ2) is 12.2. The zero-order chi connectivity index (χ0) is 26.1. The molecule has 8 heteroatoms. The van der Waals surface area contributed by atoms with Crippen molar-refractivity contribution in [1.29, 1.82) is 0 Å². The van der Waals surface area contributed by atoms with Crippen LogP contribution in [0.4, 0.5) is 4.79 Å². The minimum absolute atomic E-state index is 0.197. The largest absolute Gasteiger partial charge is 0.444 e. The van der Waals surface area contributed by atoms with Crippen molar-refractivity contribution in [2.45, 2.75) is 53.2 Å². The molecular weight excluding hydrogens is 454 g/mol. The number of rotatable bonds is 9. The number of nitrogens with one attached hydrogen (secondary N) is 1. The monoisotopic (exact) mass is 489 g/mol. The Hall–Kier alpha value is -3.94. The number of aromatic nitrogens is 3. The first-order valence-corrected chi connectivity index (χ1v) is 12.1. The molecule has 0 aliphatic heterocycles. The van der Waals surface area contributed by atoms with Gasteiger partial charge in [-0.3, -0.25) is 9.78 Å². The van der Waals surface area contributed by atoms with Gasteiger partial charge in [0.15, 0.2) is 0 Å². The first-order valence-electron chi connectivity index (χ1n) is 12.1. The Kier molecular flexibility index (Phi) is 9.00. The van der Waals surface area contributed by atoms with Gasteiger partial charge in [-0.2, -0.15) is 5.10 Å². The average Bonchev–Trinajstić information content (AvgIpc) is 3.12. The van der Waals surface area contributed by atoms with Gasteiger partial charge < -0.3 is 15.0 Å². The number of aryl methyl sites for hydroxylation is 1. The summed E-state index contributed by atoms with van der Waals surface area (Å²) in [7, 11) is 0. The van der Waals surface area contributed by atoms with Crippen molar-refractivity contribution in [3.8, 4) is 5.69 Å². The van der Waals surface area contributed by atoms with E-state index in [1.165, 1.54) is 6.08 Å². The number of nitrogens with zero attached hydrogens (tertiary/aromatic N) is 4. The van der Waals surface area contributed by atoms with Crippen LogP contribution in [0.1, 0.15) is 49.7 Å². The Balaban J connectivity index is 1.55. The number of carbonyl (C=O) groups excluding carboxylic acids is 2. The summed E-state index contributed by atoms with van der Waals surface area (Å²) in [5.74, 6) is -0.197. The molecule has 2 amide bonds. The van der Waals surface area contributed by atoms with Gasteiger partial charge in [-0.25, -0.2) is 9.48 Å². The number of benzene rings is 1. The number of amides is 2. The predicted molar refractivity (Wildman–Crippen MR) is 141 cm³/mol. The molecule has 36 heavy (non-hydrogen) atoms. The van der Waals surface area contributed by atoms with Crippen LogP contribution in [0.25, 0.3) is 11.8 Å². The van der Waals surface area contributed by atoms with E-state index in [2.05, 4.69) is 15.4 Å². The molecule has 1 aromatic carbocycles. The molecule has 3 rings (SSSR count). The molecule has 0 aliphatic carbocycles. The van der Waals surface area contributed by atoms with Crippen LogP contribution in [0.15, 0.2) is 60.9 Å². The lowest BCUT2D eigenvalue weighted by atomic mass is 10.2. The molecule has 0 fully saturated rings. The number of para-hydroxylation sites is 1. The van der Waals surface area contributed by atoms with Gasteiger partial charge >= 0.3 is 6.09 Å². The molecule has 0 radical (unpaired) electrons. The van der Waals surface area contributed by atoms with Crippen LogP contribution >= 0.6 is 0 Å². The third kappa shape index (κ3) is 7.80. The number of ether oxygens (including phenoxy) is 1. The van der Waals surface area contributed by atoms with E-state index in [1.54, 1.807) is 23.4 Å². The SMILES string of the molecule is Cc1nn(-c2ccccc2)c(C)c1C=CC(=O)NCCCN(Cc1cccnc1)C(=O)OC(C)(C)C. The Morgan fingerprint density at radius 3 is 2.53 bits per heavy atom. The van der Waals surface area contributed by atoms with Crippen LogP contribution < -0.4 is 5.32 Å². The molecule has 0 spiro atoms. The molecule has 8 nitrogen and oxygen atoms in total. The molecule has 0 bridgehead atoms. The first kappa shape index (κ1) is 26.7. The molecular formula is C28H35N5O3. The standard InChI is InChI=1S/C28H35N5O3/c1-21-25(22(2)33(31-21)24-12-7-6-8-13-24)14-15-26(34)30-17-10-18-32(27(35)36-28(3,4)5)20-23-11-9-16-29-19-23/h6-9,11-16,19H,10,17-18,20H2,1-5H3,(H,30,34). The zero-order valence-corrected chi connectivity index (χ0v) is 21.7. The summed E-state index contributed by atoms with van der Waals surface area (Å²) in [6, 6.07) is 13.6. The van der Waals surface area contributed by atoms with E-state index >= 15 is 0 Å². The van der Waals surface area contributed by atoms with Crippen molar-refractivity contribution >= 4 is 18.1 Å². The van der Waals surface area contributed by atoms with Crippen LogP contribution in [0.5, 0.6) is 0 Å². The molecule has 2 heterocycles. The minimum atomic E-state index is -0.589. The highest BCUT2D eigenvalue weighted by atomic mass is 16.6. The van der Waals surface area contributed by atoms with Gasteiger partial charge in [0.05, 0.1) is 17.9 Å². The third-order valence-corrected chi connectivity index (χ3v) is 5.40. The fraction of sp³-hybridized carbons (Fsp3) is 0.357. The van der Waals surface area contributed by atoms with Crippen LogP contribution in [-0.2, 0) is 16.1 Å². The summed E-state index contributed by atoms with van der Waals surface area (Å²) in [6.07, 6.45) is 6.94. The summed E-state index contributed by atoms with van der Waals surface area (Å²) in [5.41, 5.74) is 4.03. The molecule has 0 saturated carbocycles. The maximum absolute atomic E-state index is 12.7. The molecule has 0 atom stereocenters. The van der Waals surface area contributed by atoms with E-state index < -0.39 is 5.60 Å². The van der Waals surface area contributed by atoms with Crippen LogP contribution in [0, 0.1) is 13.8 Å². The fourth-order valence-electron chi connectivity index (χ4n) is 3.69. The van der Waals surface area contributed by atoms with E-state index in [4.69, 9.17) is 4.74 Å². The lowest BCUT2D eigenvalue weighted by Crippen LogP contribution is -2.38. The number of pyridine rings is 1. The van der Waals surface area contributed by atoms with E-state index in [9.17, 15) is 9.59 Å². The molecule has 0 unspecified atom stereocenters. The summed E-state index contributed by atoms with van der Waals surface area (Å²) >= 11 is 0. The Morgan fingerprint density at radius 2 is 1.86 bits per heavy atom. The Morgan fingerprint density at radius 1 is 1.11 bits per heavy atom. The number of hydrogen-bond acceptors (Lipinski definition) is 5. The second-order valence-corrected chi connectivity index (χ2v) is 9.57. The summed E-state index contributed by atoms with van der Waals surface area (Å²) < 4.78 is 7.43. The lowest BCUT2D eigenvalue weighted by Gasteiger charge is -2.27. The van der Waals surface area contributed by atoms with E-state index in [-0.39, 0.29) is 12.0 Å². The topological polar surface area (TPSA) is 89.4 Å². The van der Waals surface area contributed by atoms with E-state index in [1.807, 2.05) is 81.8 Å². The third-order valence-electron chi connectivity index (χ3n) is 5.40. The average molecular weight is 490 g/mol. The minimum Gasteiger partial charge on any atom is -0.444 e. The predicted octanol–water partition coefficient (Wildman–Crippen LogP) is 4.84. The van der Waals surface area contributed by atoms with Gasteiger partial charge in [0.25, 0.3) is 0 Å². The van der Waals surface area contributed by atoms with Crippen LogP contribution in [0.2, 0.25) is 0 Å². The highest BCUT2D eigenvalue weighted by molar-refractivity contribution is 5.92. The van der Waals surface area contributed by atoms with Crippen molar-refractivity contribution < 1.29 is 14.3 Å². The van der Waals surface area contributed by atoms with Crippen molar-refractivity contribution in [3.63, 3.8) is 0 Å². The van der Waals surface area contributed by atoms with Crippen molar-refractivity contribution in [1.82, 2.24) is 25.0 Å². The Bertz CT molecular complexity index is 1180. The number of hydrogen-bond donors (Lipinski definition) is 1. The first-order chi connectivity index (χ1) is 17.1. The van der Waals surface area contributed by atoms with E-state index in [0.717, 1.165) is 28.2 Å². The maximum Gasteiger partial charge on any atom is 0.410 e. The van der Waals surface area contributed by atoms with Gasteiger partial charge in [0, 0.05) is 42.8 Å². The normalized spacial score (nSPS) is 11.5. The zero-order valence-electron chi connectivity index (χ0n) is 21.7. The van der Waals surface area contributed by atoms with Crippen LogP contribution in [-0.4, -0.2) is 50.4 Å². The molecule has 0 aliphatic rings. The van der Waals surface area contributed by atoms with Crippen molar-refractivity contribution in [2.24, 2.45) is 0 Å². The lowest BCUT2D eigenvalue weighted by molar-refractivity contribution is -0.116. The fourth-order valence-corrected chi connectivity index (χ4v) is 3.69. The van der Waals surface area contributed by atoms with Gasteiger partial charge in [-0.1, -0.05) is 24.3 Å². The quantitative estimate of drug-likeness (QED) is 0.343. The highest BCUT2D eigenvalue weighted by Gasteiger charge is 2.22. The van der Waals surface area contributed by atoms with Gasteiger partial charge in [-0.15, -0.1) is 0 Å². The van der Waals surface area contributed by atoms with E-state index in [0.29, 0.717) is 26.1 Å². The van der Waals surface area contributed by atoms with Crippen molar-refractivity contribution in [3.05, 3.63) is 83.4 Å². The molecule has 190 valence electrons. The van der Waals surface area contributed by atoms with Gasteiger partial charge in [0.1, 0.15) is 5.60 Å². The molecule has 2 aromatic heterocycles. The second-order valence-electron chi connectivity index (χ2n) is 9.57. The van der Waals surface area contributed by atoms with Crippen LogP contribution in [0.3, 0.4) is 0 Å². The van der Waals surface area contributed by atoms with Gasteiger partial charge in [0.2, 0.25) is 5.91 Å². The maximum atomic E-state index is 12.7. The van der Waals surface area contributed by atoms with Gasteiger partial charge in [-0.05, 0) is 70.9 Å².